The minimum Gasteiger partial charge on any atom is -0.504 e. The van der Waals surface area contributed by atoms with E-state index in [0.717, 1.165) is 22.3 Å². The minimum absolute atomic E-state index is 0.0124. The van der Waals surface area contributed by atoms with Gasteiger partial charge in [0.25, 0.3) is 0 Å². The Bertz CT molecular complexity index is 2000. The van der Waals surface area contributed by atoms with Crippen LogP contribution in [-0.4, -0.2) is 47.8 Å². The Morgan fingerprint density at radius 1 is 0.526 bits per heavy atom. The van der Waals surface area contributed by atoms with Gasteiger partial charge in [-0.05, 0) is 59.2 Å². The SMILES string of the molecule is O=C(NCCCC[C@H](NC(=O)OCc1ccccc1)C(=O)N[C@@H](Cc1ccc(O)c(OCc2ccccc2)c1)C(=O)OCc1ccccc1)OCc1ccccc1. The molecule has 0 radical (unpaired) electrons. The number of ether oxygens (including phenoxy) is 4. The number of phenolic OH excluding ortho intramolecular Hbond substituents is 1. The Morgan fingerprint density at radius 2 is 1.04 bits per heavy atom. The number of hydrogen-bond donors (Lipinski definition) is 4. The summed E-state index contributed by atoms with van der Waals surface area (Å²) in [5.41, 5.74) is 3.86. The van der Waals surface area contributed by atoms with Crippen LogP contribution in [0.15, 0.2) is 140 Å². The molecule has 2 atom stereocenters. The maximum absolute atomic E-state index is 14.0. The predicted octanol–water partition coefficient (Wildman–Crippen LogP) is 7.13. The number of rotatable bonds is 20. The highest BCUT2D eigenvalue weighted by molar-refractivity contribution is 5.89. The zero-order valence-corrected chi connectivity index (χ0v) is 31.5. The standard InChI is InChI=1S/C45H47N3O9/c49-40-25-24-37(28-41(40)54-29-33-15-5-1-6-16-33)27-39(43(51)55-30-34-17-7-2-8-18-34)47-42(50)38(48-45(53)57-32-36-21-11-4-12-22-36)23-13-14-26-46-44(52)56-31-35-19-9-3-10-20-35/h1-12,15-22,24-25,28,38-39,49H,13-14,23,26-27,29-32H2,(H,46,52)(H,47,50)(H,48,53)/t38-,39-/m0/s1. The highest BCUT2D eigenvalue weighted by Crippen LogP contribution is 2.28. The van der Waals surface area contributed by atoms with Gasteiger partial charge in [-0.2, -0.15) is 0 Å². The number of benzene rings is 5. The van der Waals surface area contributed by atoms with Crippen molar-refractivity contribution >= 4 is 24.1 Å². The molecule has 0 unspecified atom stereocenters. The number of phenols is 1. The van der Waals surface area contributed by atoms with E-state index in [0.29, 0.717) is 18.4 Å². The molecule has 5 rings (SSSR count). The molecule has 0 aromatic heterocycles. The van der Waals surface area contributed by atoms with Crippen LogP contribution in [0.1, 0.15) is 47.1 Å². The fourth-order valence-corrected chi connectivity index (χ4v) is 5.68. The van der Waals surface area contributed by atoms with Crippen molar-refractivity contribution < 1.29 is 43.2 Å². The fraction of sp³-hybridized carbons (Fsp3) is 0.244. The molecule has 0 spiro atoms. The maximum Gasteiger partial charge on any atom is 0.408 e. The normalized spacial score (nSPS) is 11.6. The van der Waals surface area contributed by atoms with Gasteiger partial charge < -0.3 is 40.0 Å². The Balaban J connectivity index is 1.25. The fourth-order valence-electron chi connectivity index (χ4n) is 5.68. The van der Waals surface area contributed by atoms with Crippen molar-refractivity contribution in [2.24, 2.45) is 0 Å². The highest BCUT2D eigenvalue weighted by Gasteiger charge is 2.29. The second-order valence-electron chi connectivity index (χ2n) is 13.2. The molecule has 0 saturated carbocycles. The van der Waals surface area contributed by atoms with Crippen molar-refractivity contribution in [2.45, 2.75) is 64.2 Å². The van der Waals surface area contributed by atoms with Gasteiger partial charge in [-0.3, -0.25) is 4.79 Å². The number of nitrogens with one attached hydrogen (secondary N) is 3. The van der Waals surface area contributed by atoms with Gasteiger partial charge in [0.15, 0.2) is 11.5 Å². The zero-order valence-electron chi connectivity index (χ0n) is 31.5. The van der Waals surface area contributed by atoms with Crippen LogP contribution in [0.25, 0.3) is 0 Å². The summed E-state index contributed by atoms with van der Waals surface area (Å²) in [7, 11) is 0. The molecule has 57 heavy (non-hydrogen) atoms. The van der Waals surface area contributed by atoms with E-state index in [1.807, 2.05) is 121 Å². The molecule has 0 aliphatic heterocycles. The molecule has 296 valence electrons. The molecule has 0 saturated heterocycles. The number of amides is 3. The Morgan fingerprint density at radius 3 is 1.60 bits per heavy atom. The Kier molecular flexibility index (Phi) is 16.3. The number of esters is 1. The van der Waals surface area contributed by atoms with Gasteiger partial charge in [0.1, 0.15) is 38.5 Å². The lowest BCUT2D eigenvalue weighted by molar-refractivity contribution is -0.149. The number of alkyl carbamates (subject to hydrolysis) is 2. The van der Waals surface area contributed by atoms with Crippen LogP contribution in [0, 0.1) is 0 Å². The van der Waals surface area contributed by atoms with Crippen molar-refractivity contribution in [3.8, 4) is 11.5 Å². The van der Waals surface area contributed by atoms with Crippen LogP contribution in [-0.2, 0) is 56.6 Å². The first-order chi connectivity index (χ1) is 27.8. The van der Waals surface area contributed by atoms with Gasteiger partial charge in [0, 0.05) is 13.0 Å². The molecular formula is C45H47N3O9. The summed E-state index contributed by atoms with van der Waals surface area (Å²) in [4.78, 5) is 52.8. The minimum atomic E-state index is -1.18. The van der Waals surface area contributed by atoms with Gasteiger partial charge in [0.05, 0.1) is 0 Å². The molecule has 3 amide bonds. The maximum atomic E-state index is 14.0. The van der Waals surface area contributed by atoms with Crippen molar-refractivity contribution in [1.82, 2.24) is 16.0 Å². The van der Waals surface area contributed by atoms with E-state index in [2.05, 4.69) is 16.0 Å². The number of aromatic hydroxyl groups is 1. The van der Waals surface area contributed by atoms with Gasteiger partial charge in [-0.25, -0.2) is 14.4 Å². The number of unbranched alkanes of at least 4 members (excludes halogenated alkanes) is 1. The molecule has 12 heteroatoms. The van der Waals surface area contributed by atoms with Gasteiger partial charge in [0.2, 0.25) is 5.91 Å². The van der Waals surface area contributed by atoms with Crippen LogP contribution in [0.2, 0.25) is 0 Å². The van der Waals surface area contributed by atoms with Crippen LogP contribution in [0.5, 0.6) is 11.5 Å². The first-order valence-corrected chi connectivity index (χ1v) is 18.7. The van der Waals surface area contributed by atoms with Gasteiger partial charge in [-0.1, -0.05) is 127 Å². The summed E-state index contributed by atoms with van der Waals surface area (Å²) in [5.74, 6) is -1.21. The summed E-state index contributed by atoms with van der Waals surface area (Å²) >= 11 is 0. The first-order valence-electron chi connectivity index (χ1n) is 18.7. The lowest BCUT2D eigenvalue weighted by atomic mass is 10.0. The van der Waals surface area contributed by atoms with Crippen molar-refractivity contribution in [3.05, 3.63) is 167 Å². The van der Waals surface area contributed by atoms with Crippen molar-refractivity contribution in [3.63, 3.8) is 0 Å². The summed E-state index contributed by atoms with van der Waals surface area (Å²) < 4.78 is 22.2. The average molecular weight is 774 g/mol. The van der Waals surface area contributed by atoms with Crippen LogP contribution in [0.3, 0.4) is 0 Å². The Labute approximate surface area is 332 Å². The molecule has 12 nitrogen and oxygen atoms in total. The lowest BCUT2D eigenvalue weighted by Crippen LogP contribution is -2.52. The molecule has 5 aromatic rings. The summed E-state index contributed by atoms with van der Waals surface area (Å²) in [6, 6.07) is 39.4. The molecule has 0 aliphatic carbocycles. The van der Waals surface area contributed by atoms with Crippen LogP contribution in [0.4, 0.5) is 9.59 Å². The zero-order chi connectivity index (χ0) is 40.1. The van der Waals surface area contributed by atoms with E-state index in [-0.39, 0.29) is 57.3 Å². The van der Waals surface area contributed by atoms with Crippen molar-refractivity contribution in [2.75, 3.05) is 6.54 Å². The van der Waals surface area contributed by atoms with Crippen molar-refractivity contribution in [1.29, 1.82) is 0 Å². The van der Waals surface area contributed by atoms with E-state index >= 15 is 0 Å². The highest BCUT2D eigenvalue weighted by atomic mass is 16.6. The van der Waals surface area contributed by atoms with E-state index < -0.39 is 36.1 Å². The molecule has 4 N–H and O–H groups in total. The van der Waals surface area contributed by atoms with E-state index in [9.17, 15) is 24.3 Å². The van der Waals surface area contributed by atoms with Gasteiger partial charge >= 0.3 is 18.2 Å². The molecular weight excluding hydrogens is 727 g/mol. The Hall–Kier alpha value is -6.82. The van der Waals surface area contributed by atoms with E-state index in [1.54, 1.807) is 12.1 Å². The second kappa shape index (κ2) is 22.5. The second-order valence-corrected chi connectivity index (χ2v) is 13.2. The molecule has 0 bridgehead atoms. The first kappa shape index (κ1) is 41.3. The van der Waals surface area contributed by atoms with Crippen LogP contribution < -0.4 is 20.7 Å². The average Bonchev–Trinajstić information content (AvgIpc) is 3.24. The smallest absolute Gasteiger partial charge is 0.408 e. The topological polar surface area (TPSA) is 162 Å². The van der Waals surface area contributed by atoms with E-state index in [4.69, 9.17) is 18.9 Å². The molecule has 0 aliphatic rings. The molecule has 5 aromatic carbocycles. The predicted molar refractivity (Wildman–Crippen MR) is 213 cm³/mol. The third-order valence-electron chi connectivity index (χ3n) is 8.75. The molecule has 0 heterocycles. The monoisotopic (exact) mass is 773 g/mol. The number of hydrogen-bond acceptors (Lipinski definition) is 9. The van der Waals surface area contributed by atoms with Gasteiger partial charge in [-0.15, -0.1) is 0 Å². The summed E-state index contributed by atoms with van der Waals surface area (Å²) in [6.07, 6.45) is -0.359. The summed E-state index contributed by atoms with van der Waals surface area (Å²) in [6.45, 7) is 0.562. The molecule has 0 fully saturated rings. The van der Waals surface area contributed by atoms with E-state index in [1.165, 1.54) is 6.07 Å². The third-order valence-corrected chi connectivity index (χ3v) is 8.75. The number of carbonyl (C=O) groups excluding carboxylic acids is 4. The third kappa shape index (κ3) is 14.7. The van der Waals surface area contributed by atoms with Crippen LogP contribution >= 0.6 is 0 Å². The number of carbonyl (C=O) groups is 4. The largest absolute Gasteiger partial charge is 0.504 e. The quantitative estimate of drug-likeness (QED) is 0.0366. The summed E-state index contributed by atoms with van der Waals surface area (Å²) in [5, 5.41) is 18.7. The lowest BCUT2D eigenvalue weighted by Gasteiger charge is -2.23.